The molecule has 114 valence electrons. The lowest BCUT2D eigenvalue weighted by atomic mass is 9.72. The third kappa shape index (κ3) is 4.68. The number of rotatable bonds is 2. The Bertz CT molecular complexity index is 564. The summed E-state index contributed by atoms with van der Waals surface area (Å²) in [6.45, 7) is 6.66. The SMILES string of the molecule is C[C@@H]1CC(=NNC(=O)c2cc(Cl)nc(Cl)c2)CC(C)(C)C1. The Labute approximate surface area is 134 Å². The Balaban J connectivity index is 2.07. The Hall–Kier alpha value is -1.13. The molecule has 2 rings (SSSR count). The number of hydrogen-bond donors (Lipinski definition) is 1. The zero-order chi connectivity index (χ0) is 15.6. The fourth-order valence-electron chi connectivity index (χ4n) is 2.99. The number of halogens is 2. The van der Waals surface area contributed by atoms with Crippen molar-refractivity contribution < 1.29 is 4.79 Å². The van der Waals surface area contributed by atoms with Crippen molar-refractivity contribution in [1.82, 2.24) is 10.4 Å². The van der Waals surface area contributed by atoms with Crippen molar-refractivity contribution in [2.24, 2.45) is 16.4 Å². The molecule has 21 heavy (non-hydrogen) atoms. The van der Waals surface area contributed by atoms with Crippen molar-refractivity contribution in [1.29, 1.82) is 0 Å². The summed E-state index contributed by atoms with van der Waals surface area (Å²) in [5.41, 5.74) is 4.19. The van der Waals surface area contributed by atoms with Crippen LogP contribution in [-0.2, 0) is 0 Å². The van der Waals surface area contributed by atoms with Crippen molar-refractivity contribution in [3.63, 3.8) is 0 Å². The standard InChI is InChI=1S/C15H19Cl2N3O/c1-9-4-11(8-15(2,3)7-9)19-20-14(21)10-5-12(16)18-13(17)6-10/h5-6,9H,4,7-8H2,1-3H3,(H,20,21)/t9-/m1/s1. The monoisotopic (exact) mass is 327 g/mol. The van der Waals surface area contributed by atoms with Gasteiger partial charge in [0.2, 0.25) is 0 Å². The summed E-state index contributed by atoms with van der Waals surface area (Å²) in [7, 11) is 0. The highest BCUT2D eigenvalue weighted by atomic mass is 35.5. The van der Waals surface area contributed by atoms with Crippen molar-refractivity contribution in [3.8, 4) is 0 Å². The van der Waals surface area contributed by atoms with Gasteiger partial charge in [-0.05, 0) is 42.7 Å². The minimum absolute atomic E-state index is 0.188. The van der Waals surface area contributed by atoms with Crippen LogP contribution < -0.4 is 5.43 Å². The molecule has 1 heterocycles. The van der Waals surface area contributed by atoms with Crippen LogP contribution in [0, 0.1) is 11.3 Å². The molecule has 1 saturated carbocycles. The number of carbonyl (C=O) groups excluding carboxylic acids is 1. The van der Waals surface area contributed by atoms with Gasteiger partial charge in [0.25, 0.3) is 5.91 Å². The topological polar surface area (TPSA) is 54.4 Å². The molecule has 0 aliphatic heterocycles. The Morgan fingerprint density at radius 3 is 2.57 bits per heavy atom. The number of amides is 1. The van der Waals surface area contributed by atoms with Crippen LogP contribution in [0.15, 0.2) is 17.2 Å². The molecule has 1 aliphatic rings. The van der Waals surface area contributed by atoms with Crippen molar-refractivity contribution in [2.45, 2.75) is 40.0 Å². The van der Waals surface area contributed by atoms with Gasteiger partial charge >= 0.3 is 0 Å². The van der Waals surface area contributed by atoms with Gasteiger partial charge in [0.15, 0.2) is 0 Å². The van der Waals surface area contributed by atoms with E-state index in [2.05, 4.69) is 36.3 Å². The normalized spacial score (nSPS) is 23.1. The van der Waals surface area contributed by atoms with Gasteiger partial charge in [0, 0.05) is 11.3 Å². The molecule has 0 saturated heterocycles. The molecule has 1 atom stereocenters. The number of hydrogen-bond acceptors (Lipinski definition) is 3. The van der Waals surface area contributed by atoms with E-state index in [4.69, 9.17) is 23.2 Å². The molecule has 1 aromatic rings. The van der Waals surface area contributed by atoms with E-state index in [1.165, 1.54) is 18.6 Å². The van der Waals surface area contributed by atoms with E-state index in [1.807, 2.05) is 0 Å². The minimum Gasteiger partial charge on any atom is -0.267 e. The number of carbonyl (C=O) groups is 1. The maximum Gasteiger partial charge on any atom is 0.271 e. The summed E-state index contributed by atoms with van der Waals surface area (Å²) >= 11 is 11.6. The van der Waals surface area contributed by atoms with Gasteiger partial charge < -0.3 is 0 Å². The van der Waals surface area contributed by atoms with Gasteiger partial charge in [-0.15, -0.1) is 0 Å². The Kier molecular flexibility index (Phi) is 4.89. The van der Waals surface area contributed by atoms with Gasteiger partial charge in [-0.2, -0.15) is 5.10 Å². The van der Waals surface area contributed by atoms with Gasteiger partial charge in [-0.1, -0.05) is 44.0 Å². The molecule has 1 aromatic heterocycles. The number of aromatic nitrogens is 1. The molecule has 4 nitrogen and oxygen atoms in total. The highest BCUT2D eigenvalue weighted by Gasteiger charge is 2.29. The first-order valence-electron chi connectivity index (χ1n) is 6.94. The van der Waals surface area contributed by atoms with E-state index < -0.39 is 0 Å². The van der Waals surface area contributed by atoms with E-state index in [-0.39, 0.29) is 21.6 Å². The van der Waals surface area contributed by atoms with E-state index in [0.29, 0.717) is 11.5 Å². The quantitative estimate of drug-likeness (QED) is 0.649. The molecule has 1 aliphatic carbocycles. The molecule has 0 aromatic carbocycles. The number of nitrogens with zero attached hydrogens (tertiary/aromatic N) is 2. The first kappa shape index (κ1) is 16.2. The summed E-state index contributed by atoms with van der Waals surface area (Å²) in [5.74, 6) is 0.249. The smallest absolute Gasteiger partial charge is 0.267 e. The fraction of sp³-hybridized carbons (Fsp3) is 0.533. The van der Waals surface area contributed by atoms with E-state index >= 15 is 0 Å². The van der Waals surface area contributed by atoms with Crippen LogP contribution in [0.25, 0.3) is 0 Å². The summed E-state index contributed by atoms with van der Waals surface area (Å²) in [6.07, 6.45) is 2.99. The van der Waals surface area contributed by atoms with E-state index in [1.54, 1.807) is 0 Å². The zero-order valence-corrected chi connectivity index (χ0v) is 13.9. The molecule has 1 fully saturated rings. The third-order valence-electron chi connectivity index (χ3n) is 3.51. The molecule has 0 radical (unpaired) electrons. The summed E-state index contributed by atoms with van der Waals surface area (Å²) in [4.78, 5) is 15.9. The summed E-state index contributed by atoms with van der Waals surface area (Å²) < 4.78 is 0. The molecular formula is C15H19Cl2N3O. The van der Waals surface area contributed by atoms with Crippen LogP contribution >= 0.6 is 23.2 Å². The maximum atomic E-state index is 12.1. The van der Waals surface area contributed by atoms with Crippen LogP contribution in [-0.4, -0.2) is 16.6 Å². The van der Waals surface area contributed by atoms with Crippen LogP contribution in [0.3, 0.4) is 0 Å². The largest absolute Gasteiger partial charge is 0.271 e. The lowest BCUT2D eigenvalue weighted by molar-refractivity contribution is 0.0953. The molecular weight excluding hydrogens is 309 g/mol. The van der Waals surface area contributed by atoms with Gasteiger partial charge in [-0.25, -0.2) is 10.4 Å². The highest BCUT2D eigenvalue weighted by molar-refractivity contribution is 6.33. The highest BCUT2D eigenvalue weighted by Crippen LogP contribution is 2.36. The number of hydrazone groups is 1. The molecule has 6 heteroatoms. The van der Waals surface area contributed by atoms with E-state index in [9.17, 15) is 4.79 Å². The minimum atomic E-state index is -0.329. The number of nitrogens with one attached hydrogen (secondary N) is 1. The lowest BCUT2D eigenvalue weighted by Crippen LogP contribution is -2.30. The van der Waals surface area contributed by atoms with Gasteiger partial charge in [0.05, 0.1) is 0 Å². The first-order chi connectivity index (χ1) is 9.75. The second-order valence-corrected chi connectivity index (χ2v) is 7.25. The second-order valence-electron chi connectivity index (χ2n) is 6.47. The third-order valence-corrected chi connectivity index (χ3v) is 3.90. The van der Waals surface area contributed by atoms with Crippen LogP contribution in [0.4, 0.5) is 0 Å². The lowest BCUT2D eigenvalue weighted by Gasteiger charge is -2.34. The molecule has 1 N–H and O–H groups in total. The predicted molar refractivity (Wildman–Crippen MR) is 86.0 cm³/mol. The van der Waals surface area contributed by atoms with Crippen molar-refractivity contribution in [2.75, 3.05) is 0 Å². The van der Waals surface area contributed by atoms with Crippen LogP contribution in [0.1, 0.15) is 50.4 Å². The van der Waals surface area contributed by atoms with Gasteiger partial charge in [-0.3, -0.25) is 4.79 Å². The number of pyridine rings is 1. The zero-order valence-electron chi connectivity index (χ0n) is 12.4. The summed E-state index contributed by atoms with van der Waals surface area (Å²) in [5, 5.41) is 4.65. The average molecular weight is 328 g/mol. The molecule has 0 bridgehead atoms. The molecule has 0 unspecified atom stereocenters. The predicted octanol–water partition coefficient (Wildman–Crippen LogP) is 4.32. The van der Waals surface area contributed by atoms with E-state index in [0.717, 1.165) is 18.6 Å². The molecule has 1 amide bonds. The Morgan fingerprint density at radius 1 is 1.38 bits per heavy atom. The molecule has 0 spiro atoms. The van der Waals surface area contributed by atoms with Crippen molar-refractivity contribution >= 4 is 34.8 Å². The maximum absolute atomic E-state index is 12.1. The van der Waals surface area contributed by atoms with Crippen LogP contribution in [0.5, 0.6) is 0 Å². The van der Waals surface area contributed by atoms with Crippen molar-refractivity contribution in [3.05, 3.63) is 28.0 Å². The fourth-order valence-corrected chi connectivity index (χ4v) is 3.45. The van der Waals surface area contributed by atoms with Crippen LogP contribution in [0.2, 0.25) is 10.3 Å². The Morgan fingerprint density at radius 2 is 2.00 bits per heavy atom. The second kappa shape index (κ2) is 6.32. The van der Waals surface area contributed by atoms with Gasteiger partial charge in [0.1, 0.15) is 10.3 Å². The first-order valence-corrected chi connectivity index (χ1v) is 7.70. The average Bonchev–Trinajstić information content (AvgIpc) is 2.32. The summed E-state index contributed by atoms with van der Waals surface area (Å²) in [6, 6.07) is 2.94.